The maximum absolute atomic E-state index is 9.49. The maximum Gasteiger partial charge on any atom is 0.0708 e. The van der Waals surface area contributed by atoms with Crippen LogP contribution >= 0.6 is 9.42 Å². The van der Waals surface area contributed by atoms with Gasteiger partial charge in [-0.05, 0) is 18.4 Å². The number of hydrogen-bond acceptors (Lipinski definition) is 2. The van der Waals surface area contributed by atoms with E-state index in [1.165, 1.54) is 16.2 Å². The molecule has 0 unspecified atom stereocenters. The van der Waals surface area contributed by atoms with E-state index in [-0.39, 0.29) is 12.3 Å². The number of nitrogens with two attached hydrogens (primary N) is 2. The second kappa shape index (κ2) is 19.1. The Morgan fingerprint density at radius 3 is 2.04 bits per heavy atom. The predicted octanol–water partition coefficient (Wildman–Crippen LogP) is 7.01. The van der Waals surface area contributed by atoms with Crippen LogP contribution in [0.15, 0.2) is 54.7 Å². The number of aromatic nitrogens is 1. The van der Waals surface area contributed by atoms with Crippen molar-refractivity contribution in [3.63, 3.8) is 0 Å². The van der Waals surface area contributed by atoms with Crippen LogP contribution in [-0.2, 0) is 18.8 Å². The molecule has 8 heteroatoms. The Morgan fingerprint density at radius 2 is 1.56 bits per heavy atom. The number of fused-ring (bicyclic) bond motifs is 3. The molecular formula is C19H27ClN4O2Pt-3. The average molecular weight is 574 g/mol. The second-order valence-corrected chi connectivity index (χ2v) is 4.78. The monoisotopic (exact) mass is 573 g/mol. The van der Waals surface area contributed by atoms with Crippen LogP contribution in [0.3, 0.4) is 0 Å². The van der Waals surface area contributed by atoms with Crippen LogP contribution in [-0.4, -0.2) is 22.7 Å². The van der Waals surface area contributed by atoms with E-state index in [9.17, 15) is 4.79 Å². The zero-order valence-electron chi connectivity index (χ0n) is 15.6. The van der Waals surface area contributed by atoms with E-state index < -0.39 is 6.09 Å². The van der Waals surface area contributed by atoms with Gasteiger partial charge in [-0.15, -0.1) is 0 Å². The predicted molar refractivity (Wildman–Crippen MR) is 113 cm³/mol. The van der Waals surface area contributed by atoms with Gasteiger partial charge in [0.15, 0.2) is 0 Å². The van der Waals surface area contributed by atoms with Crippen molar-refractivity contribution in [2.24, 2.45) is 0 Å². The van der Waals surface area contributed by atoms with Gasteiger partial charge < -0.3 is 29.1 Å². The van der Waals surface area contributed by atoms with Gasteiger partial charge in [0.25, 0.3) is 0 Å². The standard InChI is InChI=1S/C13H9N.C3H7NO2.C3H7.ClH.2H2N.Pt/c1-2-6-11-10(5-1)9-14-13-8-4-3-7-12(11)13;1-2-4-3(5)6;1-3-2;;;;/h1-9H;4H,2H2,1H3,(H,5,6);3H,1-2H3;1H;2*1H2;/q;;-1;;2*-1;+1/p-1. The molecular weight excluding hydrogens is 547 g/mol. The first-order chi connectivity index (χ1) is 12.1. The van der Waals surface area contributed by atoms with E-state index in [4.69, 9.17) is 5.11 Å². The number of nitrogens with one attached hydrogen (secondary N) is 1. The molecule has 0 aliphatic carbocycles. The van der Waals surface area contributed by atoms with Crippen molar-refractivity contribution in [3.05, 3.63) is 73.4 Å². The molecule has 27 heavy (non-hydrogen) atoms. The van der Waals surface area contributed by atoms with Crippen molar-refractivity contribution in [1.29, 1.82) is 0 Å². The van der Waals surface area contributed by atoms with E-state index in [0.717, 1.165) is 5.52 Å². The van der Waals surface area contributed by atoms with Gasteiger partial charge in [-0.3, -0.25) is 4.98 Å². The number of carboxylic acid groups (broad SMARTS) is 1. The summed E-state index contributed by atoms with van der Waals surface area (Å²) in [7, 11) is 4.61. The van der Waals surface area contributed by atoms with Crippen molar-refractivity contribution in [3.8, 4) is 0 Å². The molecule has 6 N–H and O–H groups in total. The third-order valence-electron chi connectivity index (χ3n) is 2.83. The van der Waals surface area contributed by atoms with E-state index in [2.05, 4.69) is 50.1 Å². The molecule has 3 aromatic rings. The number of nitrogens with zero attached hydrogens (tertiary/aromatic N) is 1. The van der Waals surface area contributed by atoms with Crippen LogP contribution < -0.4 is 5.32 Å². The first-order valence-corrected chi connectivity index (χ1v) is 10.5. The molecule has 0 radical (unpaired) electrons. The number of benzene rings is 2. The number of rotatable bonds is 1. The van der Waals surface area contributed by atoms with Crippen LogP contribution in [0, 0.1) is 6.42 Å². The quantitative estimate of drug-likeness (QED) is 0.240. The number of halogens is 1. The maximum atomic E-state index is 9.49. The minimum atomic E-state index is -0.961. The third kappa shape index (κ3) is 11.6. The van der Waals surface area contributed by atoms with Gasteiger partial charge in [-0.2, -0.15) is 13.8 Å². The first-order valence-electron chi connectivity index (χ1n) is 7.69. The fraction of sp³-hybridized carbons (Fsp3) is 0.211. The number of pyridine rings is 1. The summed E-state index contributed by atoms with van der Waals surface area (Å²) in [6.45, 7) is 6.21. The molecule has 0 atom stereocenters. The molecule has 2 aromatic carbocycles. The topological polar surface area (TPSA) is 129 Å². The molecule has 0 spiro atoms. The zero-order valence-corrected chi connectivity index (χ0v) is 18.7. The van der Waals surface area contributed by atoms with E-state index in [1.54, 1.807) is 25.7 Å². The molecule has 0 aliphatic heterocycles. The fourth-order valence-electron chi connectivity index (χ4n) is 1.96. The Kier molecular flexibility index (Phi) is 21.2. The van der Waals surface area contributed by atoms with Crippen LogP contribution in [0.1, 0.15) is 20.8 Å². The van der Waals surface area contributed by atoms with E-state index >= 15 is 0 Å². The van der Waals surface area contributed by atoms with Crippen molar-refractivity contribution in [2.75, 3.05) is 6.54 Å². The normalized spacial score (nSPS) is 8.22. The van der Waals surface area contributed by atoms with Gasteiger partial charge in [-0.1, -0.05) is 42.5 Å². The second-order valence-electron chi connectivity index (χ2n) is 4.78. The summed E-state index contributed by atoms with van der Waals surface area (Å²) in [4.78, 5) is 13.9. The number of para-hydroxylation sites is 1. The van der Waals surface area contributed by atoms with Gasteiger partial charge in [0.2, 0.25) is 0 Å². The molecule has 0 aliphatic rings. The Labute approximate surface area is 176 Å². The summed E-state index contributed by atoms with van der Waals surface area (Å²) in [5.74, 6) is 0. The first kappa shape index (κ1) is 30.0. The number of amides is 1. The minimum absolute atomic E-state index is 0. The molecule has 0 bridgehead atoms. The van der Waals surface area contributed by atoms with E-state index in [1.807, 2.05) is 44.7 Å². The summed E-state index contributed by atoms with van der Waals surface area (Å²) >= 11 is 1.61. The molecule has 0 fully saturated rings. The smallest absolute Gasteiger partial charge is 0.0708 e. The van der Waals surface area contributed by atoms with Gasteiger partial charge in [0, 0.05) is 23.5 Å². The summed E-state index contributed by atoms with van der Waals surface area (Å²) < 4.78 is 0. The third-order valence-corrected chi connectivity index (χ3v) is 2.83. The molecule has 155 valence electrons. The number of carbonyl (C=O) groups is 1. The Morgan fingerprint density at radius 1 is 1.07 bits per heavy atom. The van der Waals surface area contributed by atoms with Gasteiger partial charge in [0.1, 0.15) is 0 Å². The van der Waals surface area contributed by atoms with Crippen LogP contribution in [0.4, 0.5) is 4.79 Å². The summed E-state index contributed by atoms with van der Waals surface area (Å²) in [5.41, 5.74) is 1.06. The van der Waals surface area contributed by atoms with E-state index in [0.29, 0.717) is 6.54 Å². The molecule has 3 rings (SSSR count). The van der Waals surface area contributed by atoms with Gasteiger partial charge >= 0.3 is 34.3 Å². The van der Waals surface area contributed by atoms with Crippen molar-refractivity contribution in [2.45, 2.75) is 20.8 Å². The number of hydrogen-bond donors (Lipinski definition) is 2. The van der Waals surface area contributed by atoms with Crippen molar-refractivity contribution >= 4 is 37.2 Å². The molecule has 6 nitrogen and oxygen atoms in total. The average Bonchev–Trinajstić information content (AvgIpc) is 2.64. The molecule has 1 heterocycles. The fourth-order valence-corrected chi connectivity index (χ4v) is 1.96. The summed E-state index contributed by atoms with van der Waals surface area (Å²) in [6, 6.07) is 16.6. The molecule has 1 aromatic heterocycles. The van der Waals surface area contributed by atoms with Crippen molar-refractivity contribution in [1.82, 2.24) is 10.3 Å². The summed E-state index contributed by atoms with van der Waals surface area (Å²) in [5, 5.41) is 13.6. The van der Waals surface area contributed by atoms with Gasteiger partial charge in [-0.25, -0.2) is 4.79 Å². The van der Waals surface area contributed by atoms with Crippen LogP contribution in [0.5, 0.6) is 0 Å². The van der Waals surface area contributed by atoms with Crippen LogP contribution in [0.2, 0.25) is 0 Å². The molecule has 0 saturated heterocycles. The Balaban J connectivity index is -0.000000382. The van der Waals surface area contributed by atoms with Gasteiger partial charge in [0.05, 0.1) is 5.52 Å². The Hall–Kier alpha value is -1.72. The zero-order chi connectivity index (χ0) is 19.1. The van der Waals surface area contributed by atoms with Crippen LogP contribution in [0.25, 0.3) is 34.0 Å². The minimum Gasteiger partial charge on any atom is -0.693 e. The summed E-state index contributed by atoms with van der Waals surface area (Å²) in [6.07, 6.45) is 2.97. The Bertz CT molecular complexity index is 705. The molecule has 1 amide bonds. The SMILES string of the molecule is CCNC(=O)O.C[CH-]C.[Cl][Pt].[NH2-].[NH2-].c1ccc2c(c1)cnc1ccccc12. The van der Waals surface area contributed by atoms with Crippen molar-refractivity contribution < 1.29 is 28.7 Å². The largest absolute Gasteiger partial charge is 0.693 e. The molecule has 0 saturated carbocycles.